The number of ether oxygens (including phenoxy) is 1. The maximum absolute atomic E-state index is 12.4. The van der Waals surface area contributed by atoms with Crippen molar-refractivity contribution in [1.29, 1.82) is 0 Å². The molecule has 0 aliphatic rings. The van der Waals surface area contributed by atoms with Gasteiger partial charge in [-0.3, -0.25) is 0 Å². The van der Waals surface area contributed by atoms with Gasteiger partial charge in [0.15, 0.2) is 5.71 Å². The highest BCUT2D eigenvalue weighted by molar-refractivity contribution is 8.16. The Labute approximate surface area is 202 Å². The maximum Gasteiger partial charge on any atom is 0.360 e. The molecule has 170 valence electrons. The third-order valence-corrected chi connectivity index (χ3v) is 7.95. The summed E-state index contributed by atoms with van der Waals surface area (Å²) >= 11 is 10.8. The molecule has 0 atom stereocenters. The van der Waals surface area contributed by atoms with Gasteiger partial charge in [-0.2, -0.15) is 0 Å². The number of thioether (sulfide) groups is 2. The van der Waals surface area contributed by atoms with Crippen LogP contribution in [0.4, 0.5) is 0 Å². The van der Waals surface area contributed by atoms with Crippen LogP contribution in [0, 0.1) is 0 Å². The fourth-order valence-electron chi connectivity index (χ4n) is 3.64. The number of carbonyl (C=O) groups excluding carboxylic acids is 1. The number of benzene rings is 2. The Morgan fingerprint density at radius 2 is 1.72 bits per heavy atom. The Morgan fingerprint density at radius 3 is 2.38 bits per heavy atom. The van der Waals surface area contributed by atoms with E-state index in [0.717, 1.165) is 38.7 Å². The summed E-state index contributed by atoms with van der Waals surface area (Å²) in [6.45, 7) is 4.82. The molecule has 0 aliphatic carbocycles. The van der Waals surface area contributed by atoms with E-state index in [4.69, 9.17) is 21.2 Å². The van der Waals surface area contributed by atoms with Gasteiger partial charge in [0.05, 0.1) is 11.7 Å². The predicted molar refractivity (Wildman–Crippen MR) is 137 cm³/mol. The summed E-state index contributed by atoms with van der Waals surface area (Å²) in [5, 5.41) is 5.80. The molecule has 8 heteroatoms. The number of carbonyl (C=O) groups is 1. The number of oxime groups is 1. The molecule has 2 aromatic carbocycles. The largest absolute Gasteiger partial charge is 0.464 e. The van der Waals surface area contributed by atoms with E-state index in [0.29, 0.717) is 12.1 Å². The van der Waals surface area contributed by atoms with Crippen LogP contribution in [0.3, 0.4) is 0 Å². The minimum absolute atomic E-state index is 0.124. The Morgan fingerprint density at radius 1 is 1.06 bits per heavy atom. The number of rotatable bonds is 10. The normalized spacial score (nSPS) is 11.9. The number of halogens is 1. The monoisotopic (exact) mass is 490 g/mol. The van der Waals surface area contributed by atoms with Crippen LogP contribution in [0.25, 0.3) is 10.9 Å². The van der Waals surface area contributed by atoms with Crippen LogP contribution in [-0.2, 0) is 20.9 Å². The van der Waals surface area contributed by atoms with Crippen molar-refractivity contribution in [3.63, 3.8) is 0 Å². The van der Waals surface area contributed by atoms with Gasteiger partial charge in [0.1, 0.15) is 12.3 Å². The molecular formula is C24H27ClN2O3S2. The number of para-hydroxylation sites is 1. The van der Waals surface area contributed by atoms with E-state index in [1.54, 1.807) is 0 Å². The molecule has 3 rings (SSSR count). The van der Waals surface area contributed by atoms with Crippen LogP contribution >= 0.6 is 35.1 Å². The summed E-state index contributed by atoms with van der Waals surface area (Å²) in [5.41, 5.74) is 3.88. The Kier molecular flexibility index (Phi) is 8.96. The zero-order valence-corrected chi connectivity index (χ0v) is 21.0. The Hall–Kier alpha value is -2.09. The van der Waals surface area contributed by atoms with E-state index >= 15 is 0 Å². The number of fused-ring (bicyclic) bond motifs is 1. The maximum atomic E-state index is 12.4. The van der Waals surface area contributed by atoms with Gasteiger partial charge in [-0.15, -0.1) is 23.5 Å². The van der Waals surface area contributed by atoms with Crippen LogP contribution in [0.15, 0.2) is 53.7 Å². The van der Waals surface area contributed by atoms with Gasteiger partial charge >= 0.3 is 5.97 Å². The summed E-state index contributed by atoms with van der Waals surface area (Å²) in [6.07, 6.45) is 0. The molecule has 0 aliphatic heterocycles. The zero-order chi connectivity index (χ0) is 23.1. The number of esters is 1. The summed E-state index contributed by atoms with van der Waals surface area (Å²) in [7, 11) is 2.74. The van der Waals surface area contributed by atoms with Crippen molar-refractivity contribution >= 4 is 57.7 Å². The highest BCUT2D eigenvalue weighted by Crippen LogP contribution is 2.47. The van der Waals surface area contributed by atoms with Crippen LogP contribution in [0.1, 0.15) is 35.1 Å². The molecule has 0 N–H and O–H groups in total. The van der Waals surface area contributed by atoms with Crippen molar-refractivity contribution in [2.75, 3.05) is 25.7 Å². The average Bonchev–Trinajstić information content (AvgIpc) is 3.08. The average molecular weight is 491 g/mol. The Bertz CT molecular complexity index is 1110. The first-order chi connectivity index (χ1) is 15.6. The lowest BCUT2D eigenvalue weighted by Crippen LogP contribution is -2.20. The SMILES string of the molecule is CCSC(SCC)c1c(Cl)n(Cc2ccccc2/C(=N\OC)C(=O)OC)c2ccccc12. The number of nitrogens with zero attached hydrogens (tertiary/aromatic N) is 2. The van der Waals surface area contributed by atoms with E-state index < -0.39 is 5.97 Å². The van der Waals surface area contributed by atoms with Crippen molar-refractivity contribution in [3.8, 4) is 0 Å². The summed E-state index contributed by atoms with van der Waals surface area (Å²) < 4.78 is 7.27. The molecule has 32 heavy (non-hydrogen) atoms. The van der Waals surface area contributed by atoms with Gasteiger partial charge in [-0.25, -0.2) is 4.79 Å². The fourth-order valence-corrected chi connectivity index (χ4v) is 6.75. The lowest BCUT2D eigenvalue weighted by Gasteiger charge is -2.16. The molecule has 0 amide bonds. The quantitative estimate of drug-likeness (QED) is 0.143. The number of hydrogen-bond donors (Lipinski definition) is 0. The topological polar surface area (TPSA) is 52.8 Å². The van der Waals surface area contributed by atoms with E-state index in [1.807, 2.05) is 59.9 Å². The van der Waals surface area contributed by atoms with Crippen molar-refractivity contribution in [2.24, 2.45) is 5.16 Å². The van der Waals surface area contributed by atoms with Crippen molar-refractivity contribution in [2.45, 2.75) is 25.0 Å². The van der Waals surface area contributed by atoms with Crippen LogP contribution < -0.4 is 0 Å². The van der Waals surface area contributed by atoms with Gasteiger partial charge in [-0.1, -0.05) is 73.1 Å². The zero-order valence-electron chi connectivity index (χ0n) is 18.6. The van der Waals surface area contributed by atoms with E-state index in [9.17, 15) is 4.79 Å². The number of methoxy groups -OCH3 is 1. The first kappa shape index (κ1) is 24.6. The van der Waals surface area contributed by atoms with E-state index in [1.165, 1.54) is 14.2 Å². The van der Waals surface area contributed by atoms with Crippen LogP contribution in [0.2, 0.25) is 5.15 Å². The molecule has 5 nitrogen and oxygen atoms in total. The first-order valence-corrected chi connectivity index (χ1v) is 12.8. The second-order valence-electron chi connectivity index (χ2n) is 6.82. The number of hydrogen-bond acceptors (Lipinski definition) is 6. The Balaban J connectivity index is 2.15. The van der Waals surface area contributed by atoms with Gasteiger partial charge in [0.2, 0.25) is 0 Å². The minimum Gasteiger partial charge on any atom is -0.464 e. The second kappa shape index (κ2) is 11.7. The van der Waals surface area contributed by atoms with Crippen molar-refractivity contribution in [3.05, 3.63) is 70.4 Å². The number of aromatic nitrogens is 1. The van der Waals surface area contributed by atoms with Gasteiger partial charge in [0, 0.05) is 28.6 Å². The molecule has 0 unspecified atom stereocenters. The first-order valence-electron chi connectivity index (χ1n) is 10.3. The molecule has 0 saturated carbocycles. The fraction of sp³-hybridized carbons (Fsp3) is 0.333. The molecule has 1 heterocycles. The molecule has 0 fully saturated rings. The van der Waals surface area contributed by atoms with Gasteiger partial charge < -0.3 is 14.1 Å². The minimum atomic E-state index is -0.554. The second-order valence-corrected chi connectivity index (χ2v) is 10.2. The van der Waals surface area contributed by atoms with Crippen LogP contribution in [0.5, 0.6) is 0 Å². The van der Waals surface area contributed by atoms with E-state index in [2.05, 4.69) is 35.7 Å². The molecule has 0 spiro atoms. The lowest BCUT2D eigenvalue weighted by molar-refractivity contribution is -0.132. The highest BCUT2D eigenvalue weighted by atomic mass is 35.5. The van der Waals surface area contributed by atoms with Crippen LogP contribution in [-0.4, -0.2) is 42.0 Å². The summed E-state index contributed by atoms with van der Waals surface area (Å²) in [6, 6.07) is 15.9. The molecule has 3 aromatic rings. The molecular weight excluding hydrogens is 464 g/mol. The summed E-state index contributed by atoms with van der Waals surface area (Å²) in [5.74, 6) is 1.46. The van der Waals surface area contributed by atoms with Crippen molar-refractivity contribution in [1.82, 2.24) is 4.57 Å². The highest BCUT2D eigenvalue weighted by Gasteiger charge is 2.25. The smallest absolute Gasteiger partial charge is 0.360 e. The van der Waals surface area contributed by atoms with E-state index in [-0.39, 0.29) is 10.3 Å². The lowest BCUT2D eigenvalue weighted by atomic mass is 10.0. The predicted octanol–water partition coefficient (Wildman–Crippen LogP) is 6.37. The van der Waals surface area contributed by atoms with Crippen molar-refractivity contribution < 1.29 is 14.4 Å². The molecule has 0 saturated heterocycles. The standard InChI is InChI=1S/C24H27ClN2O3S2/c1-5-31-24(32-6-2)20-18-13-9-10-14-19(18)27(22(20)25)15-16-11-7-8-12-17(16)21(26-30-4)23(28)29-3/h7-14,24H,5-6,15H2,1-4H3/b26-21+. The molecule has 0 radical (unpaired) electrons. The van der Waals surface area contributed by atoms with Gasteiger partial charge in [0.25, 0.3) is 0 Å². The summed E-state index contributed by atoms with van der Waals surface area (Å²) in [4.78, 5) is 17.3. The molecule has 1 aromatic heterocycles. The molecule has 0 bridgehead atoms. The van der Waals surface area contributed by atoms with Gasteiger partial charge in [-0.05, 0) is 23.1 Å². The third-order valence-electron chi connectivity index (χ3n) is 4.98. The third kappa shape index (κ3) is 5.11.